The van der Waals surface area contributed by atoms with Gasteiger partial charge in [0.1, 0.15) is 5.82 Å². The molecule has 3 N–H and O–H groups in total. The number of nitrogens with two attached hydrogens (primary N) is 1. The van der Waals surface area contributed by atoms with Crippen LogP contribution in [0.2, 0.25) is 5.02 Å². The van der Waals surface area contributed by atoms with E-state index >= 15 is 0 Å². The van der Waals surface area contributed by atoms with E-state index in [9.17, 15) is 9.18 Å². The minimum atomic E-state index is -0.505. The molecule has 1 rings (SSSR count). The summed E-state index contributed by atoms with van der Waals surface area (Å²) in [6, 6.07) is 4.06. The first kappa shape index (κ1) is 12.9. The summed E-state index contributed by atoms with van der Waals surface area (Å²) in [5, 5.41) is 2.64. The van der Waals surface area contributed by atoms with Gasteiger partial charge in [-0.3, -0.25) is 4.79 Å². The van der Waals surface area contributed by atoms with E-state index in [0.717, 1.165) is 0 Å². The molecule has 0 fully saturated rings. The van der Waals surface area contributed by atoms with E-state index in [4.69, 9.17) is 17.3 Å². The first-order valence-electron chi connectivity index (χ1n) is 5.00. The van der Waals surface area contributed by atoms with Gasteiger partial charge in [-0.05, 0) is 31.2 Å². The Labute approximate surface area is 98.8 Å². The minimum Gasteiger partial charge on any atom is -0.330 e. The molecule has 1 aromatic carbocycles. The number of hydrogen-bond acceptors (Lipinski definition) is 2. The first-order valence-corrected chi connectivity index (χ1v) is 5.38. The predicted molar refractivity (Wildman–Crippen MR) is 62.9 cm³/mol. The topological polar surface area (TPSA) is 55.1 Å². The van der Waals surface area contributed by atoms with Crippen LogP contribution in [0.1, 0.15) is 13.3 Å². The van der Waals surface area contributed by atoms with Crippen LogP contribution in [0.25, 0.3) is 0 Å². The highest BCUT2D eigenvalue weighted by Crippen LogP contribution is 2.19. The molecule has 1 unspecified atom stereocenters. The van der Waals surface area contributed by atoms with Crippen LogP contribution in [-0.4, -0.2) is 12.5 Å². The lowest BCUT2D eigenvalue weighted by molar-refractivity contribution is -0.119. The van der Waals surface area contributed by atoms with Gasteiger partial charge >= 0.3 is 0 Å². The van der Waals surface area contributed by atoms with Crippen LogP contribution < -0.4 is 11.1 Å². The Kier molecular flexibility index (Phi) is 4.71. The van der Waals surface area contributed by atoms with Gasteiger partial charge in [-0.1, -0.05) is 18.5 Å². The van der Waals surface area contributed by atoms with E-state index in [0.29, 0.717) is 18.7 Å². The molecule has 0 spiro atoms. The van der Waals surface area contributed by atoms with Gasteiger partial charge in [0.25, 0.3) is 0 Å². The lowest BCUT2D eigenvalue weighted by atomic mass is 10.1. The van der Waals surface area contributed by atoms with Crippen molar-refractivity contribution in [2.24, 2.45) is 11.7 Å². The van der Waals surface area contributed by atoms with E-state index in [1.54, 1.807) is 6.92 Å². The maximum absolute atomic E-state index is 12.9. The largest absolute Gasteiger partial charge is 0.330 e. The molecule has 1 atom stereocenters. The fraction of sp³-hybridized carbons (Fsp3) is 0.364. The summed E-state index contributed by atoms with van der Waals surface area (Å²) in [5.41, 5.74) is 5.84. The number of hydrogen-bond donors (Lipinski definition) is 2. The average molecular weight is 245 g/mol. The summed E-state index contributed by atoms with van der Waals surface area (Å²) in [4.78, 5) is 11.6. The normalized spacial score (nSPS) is 12.2. The third-order valence-electron chi connectivity index (χ3n) is 2.23. The van der Waals surface area contributed by atoms with Crippen LogP contribution in [0.4, 0.5) is 10.1 Å². The van der Waals surface area contributed by atoms with Gasteiger partial charge in [-0.15, -0.1) is 0 Å². The van der Waals surface area contributed by atoms with Gasteiger partial charge in [0.2, 0.25) is 5.91 Å². The molecule has 0 saturated heterocycles. The number of amides is 1. The number of anilines is 1. The molecule has 0 heterocycles. The number of benzene rings is 1. The highest BCUT2D eigenvalue weighted by Gasteiger charge is 2.12. The lowest BCUT2D eigenvalue weighted by Crippen LogP contribution is -2.22. The molecular formula is C11H14ClFN2O. The minimum absolute atomic E-state index is 0.00993. The van der Waals surface area contributed by atoms with Gasteiger partial charge in [0, 0.05) is 11.6 Å². The summed E-state index contributed by atoms with van der Waals surface area (Å²) in [6.07, 6.45) is 0.612. The zero-order valence-corrected chi connectivity index (χ0v) is 9.72. The second kappa shape index (κ2) is 5.82. The quantitative estimate of drug-likeness (QED) is 0.855. The summed E-state index contributed by atoms with van der Waals surface area (Å²) in [7, 11) is 0. The molecule has 1 amide bonds. The second-order valence-electron chi connectivity index (χ2n) is 3.60. The molecule has 5 heteroatoms. The Hall–Kier alpha value is -1.13. The van der Waals surface area contributed by atoms with Crippen molar-refractivity contribution in [3.63, 3.8) is 0 Å². The molecule has 1 aromatic rings. The first-order chi connectivity index (χ1) is 7.54. The van der Waals surface area contributed by atoms with Crippen LogP contribution in [0, 0.1) is 11.7 Å². The van der Waals surface area contributed by atoms with Crippen molar-refractivity contribution in [2.75, 3.05) is 11.9 Å². The molecule has 0 aliphatic carbocycles. The summed E-state index contributed by atoms with van der Waals surface area (Å²) < 4.78 is 12.9. The fourth-order valence-electron chi connectivity index (χ4n) is 1.22. The smallest absolute Gasteiger partial charge is 0.227 e. The van der Waals surface area contributed by atoms with Crippen LogP contribution in [0.15, 0.2) is 18.2 Å². The number of carbonyl (C=O) groups is 1. The standard InChI is InChI=1S/C11H14ClFN2O/c1-7(4-5-14)11(16)15-8-2-3-10(13)9(12)6-8/h2-3,6-7H,4-5,14H2,1H3,(H,15,16). The van der Waals surface area contributed by atoms with Crippen molar-refractivity contribution in [1.82, 2.24) is 0 Å². The average Bonchev–Trinajstić information content (AvgIpc) is 2.24. The number of carbonyl (C=O) groups excluding carboxylic acids is 1. The van der Waals surface area contributed by atoms with Crippen LogP contribution in [0.5, 0.6) is 0 Å². The number of rotatable bonds is 4. The molecular weight excluding hydrogens is 231 g/mol. The zero-order valence-electron chi connectivity index (χ0n) is 8.97. The van der Waals surface area contributed by atoms with Crippen molar-refractivity contribution >= 4 is 23.2 Å². The van der Waals surface area contributed by atoms with E-state index in [1.165, 1.54) is 18.2 Å². The Morgan fingerprint density at radius 2 is 2.31 bits per heavy atom. The maximum atomic E-state index is 12.9. The van der Waals surface area contributed by atoms with Gasteiger partial charge in [0.15, 0.2) is 0 Å². The van der Waals surface area contributed by atoms with Crippen LogP contribution in [0.3, 0.4) is 0 Å². The van der Waals surface area contributed by atoms with Crippen molar-refractivity contribution in [3.05, 3.63) is 29.0 Å². The van der Waals surface area contributed by atoms with E-state index in [1.807, 2.05) is 0 Å². The van der Waals surface area contributed by atoms with Crippen LogP contribution >= 0.6 is 11.6 Å². The molecule has 0 aliphatic heterocycles. The second-order valence-corrected chi connectivity index (χ2v) is 4.00. The number of halogens is 2. The molecule has 3 nitrogen and oxygen atoms in total. The number of nitrogens with one attached hydrogen (secondary N) is 1. The van der Waals surface area contributed by atoms with Crippen molar-refractivity contribution in [3.8, 4) is 0 Å². The third-order valence-corrected chi connectivity index (χ3v) is 2.52. The maximum Gasteiger partial charge on any atom is 0.227 e. The zero-order chi connectivity index (χ0) is 12.1. The van der Waals surface area contributed by atoms with Crippen molar-refractivity contribution in [1.29, 1.82) is 0 Å². The third kappa shape index (κ3) is 3.47. The predicted octanol–water partition coefficient (Wildman–Crippen LogP) is 2.40. The van der Waals surface area contributed by atoms with Gasteiger partial charge in [-0.25, -0.2) is 4.39 Å². The lowest BCUT2D eigenvalue weighted by Gasteiger charge is -2.11. The molecule has 0 aromatic heterocycles. The van der Waals surface area contributed by atoms with Gasteiger partial charge in [-0.2, -0.15) is 0 Å². The van der Waals surface area contributed by atoms with E-state index in [2.05, 4.69) is 5.32 Å². The molecule has 0 aliphatic rings. The SMILES string of the molecule is CC(CCN)C(=O)Nc1ccc(F)c(Cl)c1. The molecule has 16 heavy (non-hydrogen) atoms. The van der Waals surface area contributed by atoms with Crippen LogP contribution in [-0.2, 0) is 4.79 Å². The molecule has 0 bridgehead atoms. The Morgan fingerprint density at radius 1 is 1.62 bits per heavy atom. The Bertz CT molecular complexity index is 384. The highest BCUT2D eigenvalue weighted by molar-refractivity contribution is 6.31. The molecule has 0 radical (unpaired) electrons. The Balaban J connectivity index is 2.66. The van der Waals surface area contributed by atoms with E-state index < -0.39 is 5.82 Å². The molecule has 88 valence electrons. The summed E-state index contributed by atoms with van der Waals surface area (Å²) >= 11 is 5.59. The van der Waals surface area contributed by atoms with E-state index in [-0.39, 0.29) is 16.8 Å². The molecule has 0 saturated carbocycles. The van der Waals surface area contributed by atoms with Gasteiger partial charge in [0.05, 0.1) is 5.02 Å². The summed E-state index contributed by atoms with van der Waals surface area (Å²) in [6.45, 7) is 2.24. The fourth-order valence-corrected chi connectivity index (χ4v) is 1.40. The van der Waals surface area contributed by atoms with Crippen molar-refractivity contribution < 1.29 is 9.18 Å². The van der Waals surface area contributed by atoms with Gasteiger partial charge < -0.3 is 11.1 Å². The monoisotopic (exact) mass is 244 g/mol. The Morgan fingerprint density at radius 3 is 2.88 bits per heavy atom. The van der Waals surface area contributed by atoms with Crippen molar-refractivity contribution in [2.45, 2.75) is 13.3 Å². The summed E-state index contributed by atoms with van der Waals surface area (Å²) in [5.74, 6) is -0.823. The highest BCUT2D eigenvalue weighted by atomic mass is 35.5.